The lowest BCUT2D eigenvalue weighted by atomic mass is 10.0. The molecule has 5 rings (SSSR count). The van der Waals surface area contributed by atoms with Gasteiger partial charge in [0, 0.05) is 16.5 Å². The summed E-state index contributed by atoms with van der Waals surface area (Å²) < 4.78 is 31.6. The van der Waals surface area contributed by atoms with E-state index >= 15 is 0 Å². The number of hydrogen-bond donors (Lipinski definition) is 3. The van der Waals surface area contributed by atoms with Gasteiger partial charge in [-0.15, -0.1) is 5.11 Å². The number of phenolic OH excluding ortho intramolecular Hbond substituents is 1. The van der Waals surface area contributed by atoms with Crippen LogP contribution < -0.4 is 5.32 Å². The molecule has 0 unspecified atom stereocenters. The van der Waals surface area contributed by atoms with E-state index < -0.39 is 16.0 Å². The molecule has 5 aromatic rings. The van der Waals surface area contributed by atoms with Gasteiger partial charge in [0.05, 0.1) is 16.1 Å². The van der Waals surface area contributed by atoms with Gasteiger partial charge in [0.25, 0.3) is 16.0 Å². The van der Waals surface area contributed by atoms with Crippen LogP contribution in [0, 0.1) is 0 Å². The highest BCUT2D eigenvalue weighted by atomic mass is 32.2. The Kier molecular flexibility index (Phi) is 5.93. The number of phenols is 1. The number of azo groups is 1. The predicted molar refractivity (Wildman–Crippen MR) is 138 cm³/mol. The van der Waals surface area contributed by atoms with E-state index in [0.29, 0.717) is 16.5 Å². The zero-order chi connectivity index (χ0) is 25.3. The quantitative estimate of drug-likeness (QED) is 0.186. The zero-order valence-electron chi connectivity index (χ0n) is 18.7. The van der Waals surface area contributed by atoms with Crippen molar-refractivity contribution in [2.45, 2.75) is 4.90 Å². The first-order chi connectivity index (χ1) is 17.3. The molecular weight excluding hydrogens is 478 g/mol. The molecule has 0 radical (unpaired) electrons. The molecule has 8 nitrogen and oxygen atoms in total. The summed E-state index contributed by atoms with van der Waals surface area (Å²) in [6, 6.07) is 27.0. The number of anilines is 1. The number of carbonyl (C=O) groups excluding carboxylic acids is 1. The Bertz CT molecular complexity index is 1760. The second-order valence-electron chi connectivity index (χ2n) is 7.99. The van der Waals surface area contributed by atoms with E-state index in [0.717, 1.165) is 10.8 Å². The first-order valence-electron chi connectivity index (χ1n) is 10.8. The lowest BCUT2D eigenvalue weighted by Gasteiger charge is -2.12. The summed E-state index contributed by atoms with van der Waals surface area (Å²) in [5, 5.41) is 25.3. The Morgan fingerprint density at radius 2 is 1.39 bits per heavy atom. The minimum Gasteiger partial charge on any atom is -0.505 e. The van der Waals surface area contributed by atoms with E-state index in [9.17, 15) is 18.3 Å². The molecule has 0 aromatic heterocycles. The fourth-order valence-electron chi connectivity index (χ4n) is 3.91. The van der Waals surface area contributed by atoms with Gasteiger partial charge in [-0.25, -0.2) is 0 Å². The Hall–Kier alpha value is -4.60. The van der Waals surface area contributed by atoms with Crippen molar-refractivity contribution >= 4 is 54.6 Å². The van der Waals surface area contributed by atoms with Crippen LogP contribution in [0.5, 0.6) is 5.75 Å². The van der Waals surface area contributed by atoms with Crippen molar-refractivity contribution in [3.63, 3.8) is 0 Å². The number of rotatable bonds is 5. The summed E-state index contributed by atoms with van der Waals surface area (Å²) in [4.78, 5) is 13.0. The summed E-state index contributed by atoms with van der Waals surface area (Å²) in [5.74, 6) is -0.853. The van der Waals surface area contributed by atoms with Crippen molar-refractivity contribution in [2.75, 3.05) is 5.32 Å². The van der Waals surface area contributed by atoms with Gasteiger partial charge in [-0.2, -0.15) is 13.5 Å². The molecule has 0 aliphatic heterocycles. The molecule has 178 valence electrons. The minimum absolute atomic E-state index is 0.0253. The van der Waals surface area contributed by atoms with Gasteiger partial charge in [-0.05, 0) is 47.2 Å². The SMILES string of the molecule is O=C(Nc1cccc2ccccc12)c1cc2ccccc2c(/N=N/c2ccc(S(=O)(=O)O)cc2)c1O. The maximum Gasteiger partial charge on any atom is 0.294 e. The van der Waals surface area contributed by atoms with Gasteiger partial charge in [-0.1, -0.05) is 60.7 Å². The molecular formula is C27H19N3O5S. The Balaban J connectivity index is 1.54. The normalized spacial score (nSPS) is 11.8. The van der Waals surface area contributed by atoms with Gasteiger partial charge in [0.1, 0.15) is 5.69 Å². The van der Waals surface area contributed by atoms with E-state index in [4.69, 9.17) is 4.55 Å². The van der Waals surface area contributed by atoms with Crippen LogP contribution in [0.2, 0.25) is 0 Å². The lowest BCUT2D eigenvalue weighted by molar-refractivity contribution is 0.102. The first kappa shape index (κ1) is 23.2. The van der Waals surface area contributed by atoms with Crippen LogP contribution in [-0.4, -0.2) is 24.0 Å². The van der Waals surface area contributed by atoms with Crippen LogP contribution in [0.1, 0.15) is 10.4 Å². The number of fused-ring (bicyclic) bond motifs is 2. The molecule has 0 atom stereocenters. The summed E-state index contributed by atoms with van der Waals surface area (Å²) in [7, 11) is -4.33. The van der Waals surface area contributed by atoms with Crippen LogP contribution in [0.15, 0.2) is 112 Å². The van der Waals surface area contributed by atoms with Crippen molar-refractivity contribution in [1.82, 2.24) is 0 Å². The molecule has 3 N–H and O–H groups in total. The first-order valence-corrected chi connectivity index (χ1v) is 12.3. The highest BCUT2D eigenvalue weighted by molar-refractivity contribution is 7.85. The van der Waals surface area contributed by atoms with E-state index in [1.54, 1.807) is 36.4 Å². The van der Waals surface area contributed by atoms with Gasteiger partial charge >= 0.3 is 0 Å². The molecule has 0 aliphatic rings. The smallest absolute Gasteiger partial charge is 0.294 e. The Morgan fingerprint density at radius 1 is 0.750 bits per heavy atom. The van der Waals surface area contributed by atoms with Gasteiger partial charge in [0.15, 0.2) is 5.75 Å². The van der Waals surface area contributed by atoms with Crippen LogP contribution >= 0.6 is 0 Å². The fourth-order valence-corrected chi connectivity index (χ4v) is 4.39. The second-order valence-corrected chi connectivity index (χ2v) is 9.41. The summed E-state index contributed by atoms with van der Waals surface area (Å²) in [6.07, 6.45) is 0. The molecule has 1 amide bonds. The fraction of sp³-hybridized carbons (Fsp3) is 0. The maximum atomic E-state index is 13.3. The average Bonchev–Trinajstić information content (AvgIpc) is 2.88. The number of amides is 1. The van der Waals surface area contributed by atoms with Crippen LogP contribution in [0.4, 0.5) is 17.1 Å². The molecule has 0 bridgehead atoms. The van der Waals surface area contributed by atoms with Crippen molar-refractivity contribution in [3.8, 4) is 5.75 Å². The highest BCUT2D eigenvalue weighted by Crippen LogP contribution is 2.40. The molecule has 0 heterocycles. The third-order valence-electron chi connectivity index (χ3n) is 5.68. The maximum absolute atomic E-state index is 13.3. The number of carbonyl (C=O) groups is 1. The highest BCUT2D eigenvalue weighted by Gasteiger charge is 2.19. The molecule has 0 fully saturated rings. The van der Waals surface area contributed by atoms with Crippen molar-refractivity contribution in [1.29, 1.82) is 0 Å². The second kappa shape index (κ2) is 9.21. The number of aromatic hydroxyl groups is 1. The predicted octanol–water partition coefficient (Wildman–Crippen LogP) is 6.61. The largest absolute Gasteiger partial charge is 0.505 e. The van der Waals surface area contributed by atoms with E-state index in [2.05, 4.69) is 15.5 Å². The van der Waals surface area contributed by atoms with Gasteiger partial charge in [0.2, 0.25) is 0 Å². The summed E-state index contributed by atoms with van der Waals surface area (Å²) >= 11 is 0. The topological polar surface area (TPSA) is 128 Å². The van der Waals surface area contributed by atoms with Crippen molar-refractivity contribution < 1.29 is 22.9 Å². The molecule has 9 heteroatoms. The zero-order valence-corrected chi connectivity index (χ0v) is 19.5. The number of nitrogens with one attached hydrogen (secondary N) is 1. The molecule has 0 spiro atoms. The number of benzene rings is 5. The van der Waals surface area contributed by atoms with E-state index in [-0.39, 0.29) is 27.6 Å². The Morgan fingerprint density at radius 3 is 2.11 bits per heavy atom. The molecule has 36 heavy (non-hydrogen) atoms. The molecule has 5 aromatic carbocycles. The van der Waals surface area contributed by atoms with Gasteiger partial charge < -0.3 is 10.4 Å². The minimum atomic E-state index is -4.33. The van der Waals surface area contributed by atoms with Crippen molar-refractivity contribution in [2.24, 2.45) is 10.2 Å². The van der Waals surface area contributed by atoms with E-state index in [1.807, 2.05) is 36.4 Å². The number of nitrogens with zero attached hydrogens (tertiary/aromatic N) is 2. The lowest BCUT2D eigenvalue weighted by Crippen LogP contribution is -2.12. The summed E-state index contributed by atoms with van der Waals surface area (Å²) in [5.41, 5.74) is 1.01. The Labute approximate surface area is 206 Å². The monoisotopic (exact) mass is 497 g/mol. The van der Waals surface area contributed by atoms with E-state index in [1.165, 1.54) is 24.3 Å². The average molecular weight is 498 g/mol. The third kappa shape index (κ3) is 4.52. The number of hydrogen-bond acceptors (Lipinski definition) is 6. The summed E-state index contributed by atoms with van der Waals surface area (Å²) in [6.45, 7) is 0. The third-order valence-corrected chi connectivity index (χ3v) is 6.55. The van der Waals surface area contributed by atoms with Gasteiger partial charge in [-0.3, -0.25) is 9.35 Å². The van der Waals surface area contributed by atoms with Crippen LogP contribution in [0.25, 0.3) is 21.5 Å². The molecule has 0 saturated heterocycles. The molecule has 0 aliphatic carbocycles. The molecule has 0 saturated carbocycles. The van der Waals surface area contributed by atoms with Crippen LogP contribution in [-0.2, 0) is 10.1 Å². The van der Waals surface area contributed by atoms with Crippen LogP contribution in [0.3, 0.4) is 0 Å². The van der Waals surface area contributed by atoms with Crippen molar-refractivity contribution in [3.05, 3.63) is 103 Å². The standard InChI is InChI=1S/C27H19N3O5S/c31-26-23(27(32)28-24-11-5-8-17-6-1-3-9-21(17)24)16-18-7-2-4-10-22(18)25(26)30-29-19-12-14-20(15-13-19)36(33,34)35/h1-16,31H,(H,28,32)(H,33,34,35)/b30-29+.